The second-order valence-electron chi connectivity index (χ2n) is 6.29. The van der Waals surface area contributed by atoms with E-state index in [-0.39, 0.29) is 11.3 Å². The Kier molecular flexibility index (Phi) is 6.45. The van der Waals surface area contributed by atoms with Crippen LogP contribution in [0.25, 0.3) is 0 Å². The number of nitrogens with one attached hydrogen (secondary N) is 1. The van der Waals surface area contributed by atoms with Gasteiger partial charge in [-0.3, -0.25) is 14.9 Å². The number of hydrogen-bond donors (Lipinski definition) is 1. The first-order valence-electron chi connectivity index (χ1n) is 8.70. The van der Waals surface area contributed by atoms with Crippen molar-refractivity contribution >= 4 is 51.5 Å². The highest BCUT2D eigenvalue weighted by atomic mass is 127. The lowest BCUT2D eigenvalue weighted by Crippen LogP contribution is -2.21. The largest absolute Gasteiger partial charge is 0.452 e. The summed E-state index contributed by atoms with van der Waals surface area (Å²) in [6.45, 7) is 1.03. The molecule has 0 saturated carbocycles. The van der Waals surface area contributed by atoms with Gasteiger partial charge in [-0.15, -0.1) is 0 Å². The number of anilines is 2. The number of ether oxygens (including phenoxy) is 1. The maximum absolute atomic E-state index is 12.2. The van der Waals surface area contributed by atoms with Crippen LogP contribution in [0.5, 0.6) is 0 Å². The SMILES string of the molecule is O=C(COC(=O)c1ccc(N2CCCC2)c([N+](=O)[O-])c1)Nc1ccc(I)cc1. The van der Waals surface area contributed by atoms with E-state index in [9.17, 15) is 19.7 Å². The first-order valence-corrected chi connectivity index (χ1v) is 9.78. The second-order valence-corrected chi connectivity index (χ2v) is 7.53. The molecule has 8 nitrogen and oxygen atoms in total. The number of esters is 1. The van der Waals surface area contributed by atoms with Gasteiger partial charge in [-0.1, -0.05) is 0 Å². The monoisotopic (exact) mass is 495 g/mol. The Labute approximate surface area is 175 Å². The summed E-state index contributed by atoms with van der Waals surface area (Å²) in [5.41, 5.74) is 0.985. The minimum atomic E-state index is -0.783. The van der Waals surface area contributed by atoms with E-state index in [4.69, 9.17) is 4.74 Å². The number of nitro benzene ring substituents is 1. The van der Waals surface area contributed by atoms with Gasteiger partial charge in [0.15, 0.2) is 6.61 Å². The van der Waals surface area contributed by atoms with Crippen molar-refractivity contribution < 1.29 is 19.2 Å². The molecule has 0 spiro atoms. The van der Waals surface area contributed by atoms with E-state index in [1.165, 1.54) is 12.1 Å². The van der Waals surface area contributed by atoms with Crippen molar-refractivity contribution in [1.82, 2.24) is 0 Å². The van der Waals surface area contributed by atoms with Gasteiger partial charge in [0, 0.05) is 28.4 Å². The van der Waals surface area contributed by atoms with E-state index in [0.29, 0.717) is 11.4 Å². The van der Waals surface area contributed by atoms with Crippen molar-refractivity contribution in [2.45, 2.75) is 12.8 Å². The van der Waals surface area contributed by atoms with Gasteiger partial charge in [-0.25, -0.2) is 4.79 Å². The van der Waals surface area contributed by atoms with Crippen molar-refractivity contribution in [3.05, 3.63) is 61.7 Å². The molecule has 1 heterocycles. The fourth-order valence-electron chi connectivity index (χ4n) is 2.97. The molecular formula is C19H18IN3O5. The summed E-state index contributed by atoms with van der Waals surface area (Å²) < 4.78 is 6.03. The quantitative estimate of drug-likeness (QED) is 0.285. The van der Waals surface area contributed by atoms with Crippen LogP contribution in [0.2, 0.25) is 0 Å². The number of carbonyl (C=O) groups excluding carboxylic acids is 2. The Bertz CT molecular complexity index is 895. The number of nitrogens with zero attached hydrogens (tertiary/aromatic N) is 2. The number of hydrogen-bond acceptors (Lipinski definition) is 6. The second kappa shape index (κ2) is 9.00. The van der Waals surface area contributed by atoms with Gasteiger partial charge < -0.3 is 15.0 Å². The van der Waals surface area contributed by atoms with Crippen LogP contribution in [0.3, 0.4) is 0 Å². The molecule has 0 unspecified atom stereocenters. The molecule has 1 N–H and O–H groups in total. The lowest BCUT2D eigenvalue weighted by Gasteiger charge is -2.17. The highest BCUT2D eigenvalue weighted by Crippen LogP contribution is 2.31. The van der Waals surface area contributed by atoms with E-state index in [1.807, 2.05) is 17.0 Å². The maximum atomic E-state index is 12.2. The average Bonchev–Trinajstić information content (AvgIpc) is 3.22. The molecule has 0 radical (unpaired) electrons. The van der Waals surface area contributed by atoms with Gasteiger partial charge >= 0.3 is 5.97 Å². The van der Waals surface area contributed by atoms with Gasteiger partial charge in [0.2, 0.25) is 0 Å². The Morgan fingerprint density at radius 2 is 1.82 bits per heavy atom. The predicted octanol–water partition coefficient (Wildman–Crippen LogP) is 3.60. The van der Waals surface area contributed by atoms with Crippen molar-refractivity contribution in [2.75, 3.05) is 29.9 Å². The Hall–Kier alpha value is -2.69. The number of halogens is 1. The lowest BCUT2D eigenvalue weighted by molar-refractivity contribution is -0.384. The van der Waals surface area contributed by atoms with E-state index < -0.39 is 23.4 Å². The molecule has 3 rings (SSSR count). The molecule has 1 aliphatic heterocycles. The summed E-state index contributed by atoms with van der Waals surface area (Å²) in [5, 5.41) is 14.0. The average molecular weight is 495 g/mol. The first kappa shape index (κ1) is 20.1. The third-order valence-electron chi connectivity index (χ3n) is 4.32. The summed E-state index contributed by atoms with van der Waals surface area (Å²) in [5.74, 6) is -1.27. The van der Waals surface area contributed by atoms with Crippen molar-refractivity contribution in [2.24, 2.45) is 0 Å². The molecule has 9 heteroatoms. The zero-order valence-electron chi connectivity index (χ0n) is 14.9. The van der Waals surface area contributed by atoms with Crippen LogP contribution in [0.15, 0.2) is 42.5 Å². The highest BCUT2D eigenvalue weighted by Gasteiger charge is 2.24. The third kappa shape index (κ3) is 4.97. The zero-order chi connectivity index (χ0) is 20.1. The summed E-state index contributed by atoms with van der Waals surface area (Å²) in [4.78, 5) is 37.0. The molecule has 1 fully saturated rings. The Balaban J connectivity index is 1.63. The third-order valence-corrected chi connectivity index (χ3v) is 5.04. The molecule has 0 aliphatic carbocycles. The lowest BCUT2D eigenvalue weighted by atomic mass is 10.1. The molecule has 1 amide bonds. The molecule has 2 aromatic rings. The minimum Gasteiger partial charge on any atom is -0.452 e. The number of rotatable bonds is 6. The van der Waals surface area contributed by atoms with Gasteiger partial charge in [-0.05, 0) is 71.8 Å². The van der Waals surface area contributed by atoms with Gasteiger partial charge in [0.05, 0.1) is 10.5 Å². The fourth-order valence-corrected chi connectivity index (χ4v) is 3.33. The molecule has 0 atom stereocenters. The molecule has 0 bridgehead atoms. The highest BCUT2D eigenvalue weighted by molar-refractivity contribution is 14.1. The summed E-state index contributed by atoms with van der Waals surface area (Å²) in [6.07, 6.45) is 1.97. The van der Waals surface area contributed by atoms with E-state index in [2.05, 4.69) is 27.9 Å². The maximum Gasteiger partial charge on any atom is 0.338 e. The topological polar surface area (TPSA) is 102 Å². The van der Waals surface area contributed by atoms with Crippen LogP contribution < -0.4 is 10.2 Å². The Morgan fingerprint density at radius 1 is 1.14 bits per heavy atom. The number of carbonyl (C=O) groups is 2. The molecule has 2 aromatic carbocycles. The number of nitro groups is 1. The van der Waals surface area contributed by atoms with E-state index in [1.54, 1.807) is 18.2 Å². The van der Waals surface area contributed by atoms with E-state index in [0.717, 1.165) is 29.5 Å². The van der Waals surface area contributed by atoms with Gasteiger partial charge in [0.1, 0.15) is 5.69 Å². The molecule has 146 valence electrons. The molecular weight excluding hydrogens is 477 g/mol. The predicted molar refractivity (Wildman–Crippen MR) is 113 cm³/mol. The van der Waals surface area contributed by atoms with Crippen LogP contribution >= 0.6 is 22.6 Å². The molecule has 28 heavy (non-hydrogen) atoms. The van der Waals surface area contributed by atoms with Crippen LogP contribution in [0, 0.1) is 13.7 Å². The van der Waals surface area contributed by atoms with Crippen LogP contribution in [-0.4, -0.2) is 36.5 Å². The van der Waals surface area contributed by atoms with Crippen molar-refractivity contribution in [3.8, 4) is 0 Å². The molecule has 1 aliphatic rings. The molecule has 0 aromatic heterocycles. The molecule has 1 saturated heterocycles. The standard InChI is InChI=1S/C19H18IN3O5/c20-14-4-6-15(7-5-14)21-18(24)12-28-19(25)13-3-8-16(17(11-13)23(26)27)22-9-1-2-10-22/h3-8,11H,1-2,9-10,12H2,(H,21,24). The first-order chi connectivity index (χ1) is 13.4. The Morgan fingerprint density at radius 3 is 2.46 bits per heavy atom. The zero-order valence-corrected chi connectivity index (χ0v) is 17.0. The van der Waals surface area contributed by atoms with Crippen LogP contribution in [0.1, 0.15) is 23.2 Å². The summed E-state index contributed by atoms with van der Waals surface area (Å²) in [6, 6.07) is 11.4. The summed E-state index contributed by atoms with van der Waals surface area (Å²) >= 11 is 2.15. The summed E-state index contributed by atoms with van der Waals surface area (Å²) in [7, 11) is 0. The van der Waals surface area contributed by atoms with Crippen LogP contribution in [0.4, 0.5) is 17.1 Å². The number of amides is 1. The fraction of sp³-hybridized carbons (Fsp3) is 0.263. The van der Waals surface area contributed by atoms with Crippen molar-refractivity contribution in [3.63, 3.8) is 0 Å². The van der Waals surface area contributed by atoms with Gasteiger partial charge in [0.25, 0.3) is 11.6 Å². The van der Waals surface area contributed by atoms with Gasteiger partial charge in [-0.2, -0.15) is 0 Å². The number of benzene rings is 2. The minimum absolute atomic E-state index is 0.0386. The smallest absolute Gasteiger partial charge is 0.338 e. The van der Waals surface area contributed by atoms with Crippen LogP contribution in [-0.2, 0) is 9.53 Å². The normalized spacial score (nSPS) is 13.2. The van der Waals surface area contributed by atoms with Crippen molar-refractivity contribution in [1.29, 1.82) is 0 Å². The van der Waals surface area contributed by atoms with E-state index >= 15 is 0 Å².